The average Bonchev–Trinajstić information content (AvgIpc) is 2.99. The van der Waals surface area contributed by atoms with Crippen molar-refractivity contribution in [2.45, 2.75) is 64.0 Å². The smallest absolute Gasteiger partial charge is 0.222 e. The number of amides is 1. The van der Waals surface area contributed by atoms with E-state index in [1.807, 2.05) is 13.0 Å². The van der Waals surface area contributed by atoms with Crippen molar-refractivity contribution < 1.29 is 4.79 Å². The molecule has 0 N–H and O–H groups in total. The molecule has 2 aliphatic rings. The summed E-state index contributed by atoms with van der Waals surface area (Å²) >= 11 is 6.41. The first kappa shape index (κ1) is 19.7. The lowest BCUT2D eigenvalue weighted by Crippen LogP contribution is -2.41. The van der Waals surface area contributed by atoms with E-state index in [2.05, 4.69) is 47.1 Å². The molecule has 4 heteroatoms. The Balaban J connectivity index is 1.46. The van der Waals surface area contributed by atoms with Gasteiger partial charge in [-0.2, -0.15) is 0 Å². The molecular formula is C24H31ClN2O. The van der Waals surface area contributed by atoms with Gasteiger partial charge in [0.05, 0.1) is 0 Å². The Hall–Kier alpha value is -1.58. The molecule has 2 aromatic carbocycles. The molecular weight excluding hydrogens is 368 g/mol. The molecule has 0 saturated carbocycles. The maximum atomic E-state index is 12.2. The van der Waals surface area contributed by atoms with E-state index in [9.17, 15) is 4.79 Å². The van der Waals surface area contributed by atoms with Crippen molar-refractivity contribution in [3.63, 3.8) is 0 Å². The summed E-state index contributed by atoms with van der Waals surface area (Å²) in [4.78, 5) is 17.0. The van der Waals surface area contributed by atoms with Crippen LogP contribution >= 0.6 is 11.6 Å². The zero-order valence-corrected chi connectivity index (χ0v) is 17.8. The zero-order chi connectivity index (χ0) is 19.7. The van der Waals surface area contributed by atoms with Crippen LogP contribution in [0.25, 0.3) is 10.8 Å². The Morgan fingerprint density at radius 3 is 2.64 bits per heavy atom. The Labute approximate surface area is 173 Å². The van der Waals surface area contributed by atoms with Gasteiger partial charge in [0, 0.05) is 42.0 Å². The fourth-order valence-electron chi connectivity index (χ4n) is 5.20. The van der Waals surface area contributed by atoms with Crippen molar-refractivity contribution in [1.82, 2.24) is 9.80 Å². The summed E-state index contributed by atoms with van der Waals surface area (Å²) in [6.45, 7) is 7.27. The number of hydrogen-bond donors (Lipinski definition) is 0. The van der Waals surface area contributed by atoms with Crippen LogP contribution in [0.2, 0.25) is 5.02 Å². The molecule has 3 nitrogen and oxygen atoms in total. The summed E-state index contributed by atoms with van der Waals surface area (Å²) in [5, 5.41) is 3.26. The van der Waals surface area contributed by atoms with E-state index in [0.29, 0.717) is 30.3 Å². The van der Waals surface area contributed by atoms with Gasteiger partial charge in [-0.3, -0.25) is 9.69 Å². The van der Waals surface area contributed by atoms with Gasteiger partial charge in [-0.1, -0.05) is 55.8 Å². The highest BCUT2D eigenvalue weighted by Gasteiger charge is 2.37. The van der Waals surface area contributed by atoms with Crippen LogP contribution in [-0.4, -0.2) is 47.4 Å². The quantitative estimate of drug-likeness (QED) is 0.667. The van der Waals surface area contributed by atoms with Gasteiger partial charge in [0.2, 0.25) is 5.91 Å². The molecule has 2 aliphatic heterocycles. The van der Waals surface area contributed by atoms with E-state index in [4.69, 9.17) is 11.6 Å². The molecule has 0 spiro atoms. The maximum Gasteiger partial charge on any atom is 0.222 e. The number of carbonyl (C=O) groups is 1. The monoisotopic (exact) mass is 398 g/mol. The normalized spacial score (nSPS) is 23.8. The molecule has 2 aromatic rings. The van der Waals surface area contributed by atoms with Crippen LogP contribution in [-0.2, 0) is 4.79 Å². The van der Waals surface area contributed by atoms with Gasteiger partial charge in [0.25, 0.3) is 0 Å². The summed E-state index contributed by atoms with van der Waals surface area (Å²) in [6, 6.07) is 13.9. The van der Waals surface area contributed by atoms with E-state index in [1.165, 1.54) is 23.8 Å². The zero-order valence-electron chi connectivity index (χ0n) is 17.0. The third-order valence-corrected chi connectivity index (χ3v) is 7.18. The van der Waals surface area contributed by atoms with Crippen molar-refractivity contribution >= 4 is 28.3 Å². The van der Waals surface area contributed by atoms with Crippen LogP contribution in [0, 0.1) is 0 Å². The van der Waals surface area contributed by atoms with Gasteiger partial charge in [-0.25, -0.2) is 0 Å². The molecule has 1 amide bonds. The van der Waals surface area contributed by atoms with E-state index in [0.717, 1.165) is 42.9 Å². The number of benzene rings is 2. The SMILES string of the molecule is CCC(=O)N1CCC2CCC(C1)N2CCC(C)c1ccc(Cl)c2ccccc12. The first-order chi connectivity index (χ1) is 13.6. The first-order valence-corrected chi connectivity index (χ1v) is 11.2. The molecule has 2 heterocycles. The van der Waals surface area contributed by atoms with Gasteiger partial charge in [-0.05, 0) is 55.2 Å². The van der Waals surface area contributed by atoms with E-state index in [1.54, 1.807) is 0 Å². The summed E-state index contributed by atoms with van der Waals surface area (Å²) in [6.07, 6.45) is 5.41. The molecule has 4 rings (SSSR count). The second kappa shape index (κ2) is 8.42. The number of carbonyl (C=O) groups excluding carboxylic acids is 1. The summed E-state index contributed by atoms with van der Waals surface area (Å²) in [7, 11) is 0. The number of fused-ring (bicyclic) bond motifs is 3. The standard InChI is InChI=1S/C24H31ClN2O/c1-3-24(28)26-14-13-18-8-9-19(16-26)27(18)15-12-17(2)20-10-11-23(25)22-7-5-4-6-21(20)22/h4-7,10-11,17-19H,3,8-9,12-16H2,1-2H3. The van der Waals surface area contributed by atoms with Gasteiger partial charge in [0.1, 0.15) is 0 Å². The van der Waals surface area contributed by atoms with Crippen molar-refractivity contribution in [3.8, 4) is 0 Å². The van der Waals surface area contributed by atoms with Crippen molar-refractivity contribution in [2.24, 2.45) is 0 Å². The van der Waals surface area contributed by atoms with E-state index >= 15 is 0 Å². The Morgan fingerprint density at radius 1 is 1.11 bits per heavy atom. The molecule has 0 radical (unpaired) electrons. The number of likely N-dealkylation sites (tertiary alicyclic amines) is 1. The fraction of sp³-hybridized carbons (Fsp3) is 0.542. The summed E-state index contributed by atoms with van der Waals surface area (Å²) in [5.41, 5.74) is 1.39. The van der Waals surface area contributed by atoms with Crippen LogP contribution in [0.5, 0.6) is 0 Å². The van der Waals surface area contributed by atoms with Crippen LogP contribution in [0.3, 0.4) is 0 Å². The lowest BCUT2D eigenvalue weighted by Gasteiger charge is -2.30. The lowest BCUT2D eigenvalue weighted by molar-refractivity contribution is -0.131. The third-order valence-electron chi connectivity index (χ3n) is 6.85. The molecule has 2 saturated heterocycles. The number of halogens is 1. The highest BCUT2D eigenvalue weighted by Crippen LogP contribution is 2.35. The Morgan fingerprint density at radius 2 is 1.86 bits per heavy atom. The maximum absolute atomic E-state index is 12.2. The highest BCUT2D eigenvalue weighted by atomic mass is 35.5. The molecule has 3 atom stereocenters. The molecule has 3 unspecified atom stereocenters. The van der Waals surface area contributed by atoms with Crippen LogP contribution in [0.1, 0.15) is 57.4 Å². The van der Waals surface area contributed by atoms with Crippen molar-refractivity contribution in [2.75, 3.05) is 19.6 Å². The van der Waals surface area contributed by atoms with E-state index in [-0.39, 0.29) is 0 Å². The van der Waals surface area contributed by atoms with Gasteiger partial charge >= 0.3 is 0 Å². The Kier molecular flexibility index (Phi) is 5.93. The largest absolute Gasteiger partial charge is 0.341 e. The second-order valence-corrected chi connectivity index (χ2v) is 8.88. The third kappa shape index (κ3) is 3.79. The molecule has 150 valence electrons. The fourth-order valence-corrected chi connectivity index (χ4v) is 5.43. The van der Waals surface area contributed by atoms with Crippen molar-refractivity contribution in [1.29, 1.82) is 0 Å². The second-order valence-electron chi connectivity index (χ2n) is 8.48. The van der Waals surface area contributed by atoms with Gasteiger partial charge < -0.3 is 4.90 Å². The predicted molar refractivity (Wildman–Crippen MR) is 117 cm³/mol. The van der Waals surface area contributed by atoms with Gasteiger partial charge in [-0.15, -0.1) is 0 Å². The van der Waals surface area contributed by atoms with Crippen LogP contribution in [0.4, 0.5) is 0 Å². The number of hydrogen-bond acceptors (Lipinski definition) is 2. The molecule has 0 aromatic heterocycles. The van der Waals surface area contributed by atoms with E-state index < -0.39 is 0 Å². The topological polar surface area (TPSA) is 23.6 Å². The molecule has 28 heavy (non-hydrogen) atoms. The van der Waals surface area contributed by atoms with Gasteiger partial charge in [0.15, 0.2) is 0 Å². The van der Waals surface area contributed by atoms with Crippen LogP contribution in [0.15, 0.2) is 36.4 Å². The minimum atomic E-state index is 0.313. The minimum absolute atomic E-state index is 0.313. The summed E-state index contributed by atoms with van der Waals surface area (Å²) < 4.78 is 0. The number of rotatable bonds is 5. The van der Waals surface area contributed by atoms with Crippen LogP contribution < -0.4 is 0 Å². The predicted octanol–water partition coefficient (Wildman–Crippen LogP) is 5.46. The van der Waals surface area contributed by atoms with Crippen molar-refractivity contribution in [3.05, 3.63) is 47.0 Å². The molecule has 2 fully saturated rings. The minimum Gasteiger partial charge on any atom is -0.341 e. The lowest BCUT2D eigenvalue weighted by atomic mass is 9.92. The highest BCUT2D eigenvalue weighted by molar-refractivity contribution is 6.35. The average molecular weight is 399 g/mol. The molecule has 2 bridgehead atoms. The Bertz CT molecular complexity index is 852. The first-order valence-electron chi connectivity index (χ1n) is 10.8. The number of nitrogens with zero attached hydrogens (tertiary/aromatic N) is 2. The summed E-state index contributed by atoms with van der Waals surface area (Å²) in [5.74, 6) is 0.798. The molecule has 0 aliphatic carbocycles.